The van der Waals surface area contributed by atoms with Crippen molar-refractivity contribution in [1.29, 1.82) is 0 Å². The molecular weight excluding hydrogens is 445 g/mol. The third kappa shape index (κ3) is 4.50. The van der Waals surface area contributed by atoms with Crippen LogP contribution in [-0.2, 0) is 29.0 Å². The SMILES string of the molecule is CCc1cc(CC)cc(C(=O)NC2C(=O)N3C(C(=O)O)=C(C[n+]4ccc(F)cc4)CS[C@@H]23)c1. The van der Waals surface area contributed by atoms with Crippen molar-refractivity contribution in [3.05, 3.63) is 76.5 Å². The molecule has 2 amide bonds. The van der Waals surface area contributed by atoms with Gasteiger partial charge in [0.2, 0.25) is 0 Å². The van der Waals surface area contributed by atoms with Gasteiger partial charge in [0.05, 0.1) is 0 Å². The first-order valence-electron chi connectivity index (χ1n) is 10.8. The molecule has 7 nitrogen and oxygen atoms in total. The summed E-state index contributed by atoms with van der Waals surface area (Å²) in [4.78, 5) is 39.1. The summed E-state index contributed by atoms with van der Waals surface area (Å²) in [5, 5.41) is 12.1. The zero-order valence-corrected chi connectivity index (χ0v) is 19.2. The minimum Gasteiger partial charge on any atom is -0.477 e. The summed E-state index contributed by atoms with van der Waals surface area (Å²) >= 11 is 1.41. The van der Waals surface area contributed by atoms with Gasteiger partial charge < -0.3 is 10.4 Å². The second-order valence-corrected chi connectivity index (χ2v) is 9.16. The van der Waals surface area contributed by atoms with Gasteiger partial charge in [-0.05, 0) is 36.1 Å². The Bertz CT molecular complexity index is 1130. The maximum atomic E-state index is 13.2. The number of nitrogens with zero attached hydrogens (tertiary/aromatic N) is 2. The van der Waals surface area contributed by atoms with Gasteiger partial charge in [0.25, 0.3) is 11.8 Å². The second kappa shape index (κ2) is 9.35. The molecule has 0 aliphatic carbocycles. The van der Waals surface area contributed by atoms with E-state index in [4.69, 9.17) is 0 Å². The van der Waals surface area contributed by atoms with Gasteiger partial charge in [-0.3, -0.25) is 14.5 Å². The number of pyridine rings is 1. The molecule has 2 atom stereocenters. The summed E-state index contributed by atoms with van der Waals surface area (Å²) in [6.07, 6.45) is 4.64. The topological polar surface area (TPSA) is 90.6 Å². The lowest BCUT2D eigenvalue weighted by Crippen LogP contribution is -2.70. The number of aromatic nitrogens is 1. The maximum Gasteiger partial charge on any atom is 0.352 e. The number of hydrogen-bond donors (Lipinski definition) is 2. The van der Waals surface area contributed by atoms with E-state index in [-0.39, 0.29) is 24.0 Å². The molecule has 1 saturated heterocycles. The number of benzene rings is 1. The first-order chi connectivity index (χ1) is 15.8. The number of aliphatic carboxylic acids is 1. The van der Waals surface area contributed by atoms with Crippen LogP contribution >= 0.6 is 11.8 Å². The van der Waals surface area contributed by atoms with Crippen LogP contribution in [-0.4, -0.2) is 45.0 Å². The molecule has 2 aliphatic rings. The molecule has 1 aromatic carbocycles. The molecule has 1 aromatic heterocycles. The van der Waals surface area contributed by atoms with Crippen molar-refractivity contribution in [2.75, 3.05) is 5.75 Å². The Hall–Kier alpha value is -3.20. The van der Waals surface area contributed by atoms with Gasteiger partial charge in [-0.25, -0.2) is 13.8 Å². The van der Waals surface area contributed by atoms with Gasteiger partial charge in [0.15, 0.2) is 18.9 Å². The van der Waals surface area contributed by atoms with Crippen LogP contribution in [0.5, 0.6) is 0 Å². The third-order valence-corrected chi connectivity index (χ3v) is 7.23. The number of carboxylic acids is 1. The van der Waals surface area contributed by atoms with Gasteiger partial charge >= 0.3 is 5.97 Å². The molecule has 1 unspecified atom stereocenters. The number of rotatable bonds is 7. The number of β-lactam (4-membered cyclic amide) rings is 1. The largest absolute Gasteiger partial charge is 0.477 e. The fraction of sp³-hybridized carbons (Fsp3) is 0.333. The molecular formula is C24H25FN3O4S+. The molecule has 2 aliphatic heterocycles. The Morgan fingerprint density at radius 2 is 1.82 bits per heavy atom. The number of amides is 2. The van der Waals surface area contributed by atoms with Gasteiger partial charge in [-0.2, -0.15) is 0 Å². The Morgan fingerprint density at radius 1 is 1.18 bits per heavy atom. The Balaban J connectivity index is 1.53. The van der Waals surface area contributed by atoms with Crippen molar-refractivity contribution in [2.24, 2.45) is 0 Å². The zero-order chi connectivity index (χ0) is 23.7. The zero-order valence-electron chi connectivity index (χ0n) is 18.4. The number of halogens is 1. The lowest BCUT2D eigenvalue weighted by molar-refractivity contribution is -0.689. The highest BCUT2D eigenvalue weighted by molar-refractivity contribution is 8.00. The molecule has 2 N–H and O–H groups in total. The smallest absolute Gasteiger partial charge is 0.352 e. The Labute approximate surface area is 195 Å². The molecule has 1 fully saturated rings. The van der Waals surface area contributed by atoms with Gasteiger partial charge in [-0.15, -0.1) is 11.8 Å². The van der Waals surface area contributed by atoms with E-state index in [1.807, 2.05) is 26.0 Å². The molecule has 9 heteroatoms. The standard InChI is InChI=1S/C24H24FN3O4S/c1-3-14-9-15(4-2)11-16(10-14)21(29)26-19-22(30)28-20(24(31)32)17(13-33-23(19)28)12-27-7-5-18(25)6-8-27/h5-11,19,23H,3-4,12-13H2,1-2H3,(H-,26,29,31,32)/p+1/t19?,23-/m0/s1. The molecule has 3 heterocycles. The molecule has 0 spiro atoms. The van der Waals surface area contributed by atoms with Crippen molar-refractivity contribution in [3.63, 3.8) is 0 Å². The third-order valence-electron chi connectivity index (χ3n) is 5.89. The van der Waals surface area contributed by atoms with Crippen LogP contribution < -0.4 is 9.88 Å². The molecule has 0 saturated carbocycles. The molecule has 0 bridgehead atoms. The van der Waals surface area contributed by atoms with Crippen molar-refractivity contribution < 1.29 is 28.4 Å². The first-order valence-corrected chi connectivity index (χ1v) is 11.9. The molecule has 2 aromatic rings. The van der Waals surface area contributed by atoms with Gasteiger partial charge in [-0.1, -0.05) is 19.9 Å². The van der Waals surface area contributed by atoms with Crippen LogP contribution in [0.25, 0.3) is 0 Å². The number of carboxylic acid groups (broad SMARTS) is 1. The van der Waals surface area contributed by atoms with E-state index in [2.05, 4.69) is 11.4 Å². The lowest BCUT2D eigenvalue weighted by Gasteiger charge is -2.49. The van der Waals surface area contributed by atoms with E-state index >= 15 is 0 Å². The summed E-state index contributed by atoms with van der Waals surface area (Å²) in [6.45, 7) is 4.26. The maximum absolute atomic E-state index is 13.2. The highest BCUT2D eigenvalue weighted by Gasteiger charge is 2.54. The molecule has 33 heavy (non-hydrogen) atoms. The summed E-state index contributed by atoms with van der Waals surface area (Å²) in [6, 6.07) is 7.50. The van der Waals surface area contributed by atoms with Crippen molar-refractivity contribution in [3.8, 4) is 0 Å². The van der Waals surface area contributed by atoms with Crippen LogP contribution in [0, 0.1) is 5.82 Å². The minimum atomic E-state index is -1.20. The van der Waals surface area contributed by atoms with Crippen LogP contribution in [0.4, 0.5) is 4.39 Å². The van der Waals surface area contributed by atoms with E-state index in [0.717, 1.165) is 24.0 Å². The number of nitrogens with one attached hydrogen (secondary N) is 1. The van der Waals surface area contributed by atoms with E-state index in [9.17, 15) is 23.9 Å². The normalized spacial score (nSPS) is 19.7. The van der Waals surface area contributed by atoms with E-state index in [1.54, 1.807) is 4.57 Å². The minimum absolute atomic E-state index is 0.0627. The van der Waals surface area contributed by atoms with Crippen LogP contribution in [0.1, 0.15) is 35.3 Å². The van der Waals surface area contributed by atoms with Gasteiger partial charge in [0.1, 0.15) is 22.9 Å². The average Bonchev–Trinajstić information content (AvgIpc) is 2.82. The number of fused-ring (bicyclic) bond motifs is 1. The summed E-state index contributed by atoms with van der Waals surface area (Å²) in [5.41, 5.74) is 3.09. The molecule has 0 radical (unpaired) electrons. The fourth-order valence-corrected chi connectivity index (χ4v) is 5.43. The quantitative estimate of drug-likeness (QED) is 0.479. The predicted molar refractivity (Wildman–Crippen MR) is 121 cm³/mol. The Morgan fingerprint density at radius 3 is 2.39 bits per heavy atom. The molecule has 4 rings (SSSR count). The molecule has 172 valence electrons. The van der Waals surface area contributed by atoms with Crippen LogP contribution in [0.15, 0.2) is 54.0 Å². The lowest BCUT2D eigenvalue weighted by atomic mass is 10.00. The second-order valence-electron chi connectivity index (χ2n) is 8.05. The summed E-state index contributed by atoms with van der Waals surface area (Å²) in [5.74, 6) is -1.98. The number of aryl methyl sites for hydroxylation is 2. The van der Waals surface area contributed by atoms with E-state index in [1.165, 1.54) is 41.2 Å². The number of hydrogen-bond acceptors (Lipinski definition) is 4. The monoisotopic (exact) mass is 470 g/mol. The van der Waals surface area contributed by atoms with Crippen molar-refractivity contribution in [2.45, 2.75) is 44.6 Å². The van der Waals surface area contributed by atoms with E-state index in [0.29, 0.717) is 16.9 Å². The number of carbonyl (C=O) groups is 3. The van der Waals surface area contributed by atoms with Gasteiger partial charge in [0, 0.05) is 29.0 Å². The predicted octanol–water partition coefficient (Wildman–Crippen LogP) is 2.29. The van der Waals surface area contributed by atoms with Crippen molar-refractivity contribution in [1.82, 2.24) is 10.2 Å². The highest BCUT2D eigenvalue weighted by atomic mass is 32.2. The van der Waals surface area contributed by atoms with E-state index < -0.39 is 23.3 Å². The summed E-state index contributed by atoms with van der Waals surface area (Å²) in [7, 11) is 0. The summed E-state index contributed by atoms with van der Waals surface area (Å²) < 4.78 is 14.9. The Kier molecular flexibility index (Phi) is 6.51. The number of thioether (sulfide) groups is 1. The van der Waals surface area contributed by atoms with Crippen molar-refractivity contribution >= 4 is 29.5 Å². The average molecular weight is 471 g/mol. The van der Waals surface area contributed by atoms with Crippen LogP contribution in [0.2, 0.25) is 0 Å². The fourth-order valence-electron chi connectivity index (χ4n) is 4.10. The van der Waals surface area contributed by atoms with Crippen LogP contribution in [0.3, 0.4) is 0 Å². The number of carbonyl (C=O) groups excluding carboxylic acids is 2. The highest BCUT2D eigenvalue weighted by Crippen LogP contribution is 2.40. The first kappa shape index (κ1) is 23.0.